The number of aliphatic hydroxyl groups is 1. The van der Waals surface area contributed by atoms with Gasteiger partial charge in [-0.1, -0.05) is 90.3 Å². The van der Waals surface area contributed by atoms with Crippen molar-refractivity contribution in [3.8, 4) is 11.5 Å². The van der Waals surface area contributed by atoms with Gasteiger partial charge in [0, 0.05) is 6.92 Å². The van der Waals surface area contributed by atoms with Gasteiger partial charge in [0.05, 0.1) is 0 Å². The molecular weight excluding hydrogens is 316 g/mol. The molecule has 2 N–H and O–H groups in total. The van der Waals surface area contributed by atoms with Crippen molar-refractivity contribution in [1.29, 1.82) is 0 Å². The van der Waals surface area contributed by atoms with E-state index in [1.807, 2.05) is 0 Å². The predicted octanol–water partition coefficient (Wildman–Crippen LogP) is 5.63. The number of aliphatic carboxylic acids is 1. The molecule has 1 atom stereocenters. The molecule has 4 heteroatoms. The van der Waals surface area contributed by atoms with Crippen LogP contribution < -0.4 is 0 Å². The van der Waals surface area contributed by atoms with E-state index in [4.69, 9.17) is 9.90 Å². The average molecular weight is 357 g/mol. The molecule has 0 rings (SSSR count). The lowest BCUT2D eigenvalue weighted by Crippen LogP contribution is -2.17. The summed E-state index contributed by atoms with van der Waals surface area (Å²) in [6.45, 7) is 10.00. The number of hydrogen-bond acceptors (Lipinski definition) is 2. The van der Waals surface area contributed by atoms with Crippen molar-refractivity contribution in [2.75, 3.05) is 0 Å². The van der Waals surface area contributed by atoms with Crippen LogP contribution >= 0.6 is 0 Å². The number of unbranched alkanes of at least 4 members (excludes halogenated alkanes) is 9. The second-order valence-corrected chi connectivity index (χ2v) is 12.3. The minimum Gasteiger partial charge on any atom is -0.481 e. The minimum absolute atomic E-state index is 0.393. The van der Waals surface area contributed by atoms with Gasteiger partial charge in [0.15, 0.2) is 0 Å². The van der Waals surface area contributed by atoms with E-state index in [1.54, 1.807) is 0 Å². The van der Waals surface area contributed by atoms with Gasteiger partial charge in [-0.05, 0) is 12.8 Å². The van der Waals surface area contributed by atoms with Crippen LogP contribution in [0.1, 0.15) is 84.5 Å². The maximum absolute atomic E-state index is 9.78. The third kappa shape index (κ3) is 29.2. The van der Waals surface area contributed by atoms with Gasteiger partial charge in [0.1, 0.15) is 14.2 Å². The Morgan fingerprint density at radius 2 is 1.29 bits per heavy atom. The van der Waals surface area contributed by atoms with Gasteiger partial charge in [-0.25, -0.2) is 0 Å². The van der Waals surface area contributed by atoms with Crippen LogP contribution in [0.25, 0.3) is 0 Å². The van der Waals surface area contributed by atoms with Crippen LogP contribution in [-0.4, -0.2) is 30.4 Å². The van der Waals surface area contributed by atoms with Crippen LogP contribution in [0.2, 0.25) is 19.6 Å². The summed E-state index contributed by atoms with van der Waals surface area (Å²) in [4.78, 5) is 9.00. The topological polar surface area (TPSA) is 57.5 Å². The number of aliphatic hydroxyl groups excluding tert-OH is 1. The van der Waals surface area contributed by atoms with Crippen LogP contribution in [0.4, 0.5) is 0 Å². The molecule has 0 aromatic heterocycles. The van der Waals surface area contributed by atoms with Crippen molar-refractivity contribution in [3.63, 3.8) is 0 Å². The van der Waals surface area contributed by atoms with E-state index >= 15 is 0 Å². The van der Waals surface area contributed by atoms with E-state index in [1.165, 1.54) is 57.8 Å². The third-order valence-corrected chi connectivity index (χ3v) is 4.34. The molecule has 24 heavy (non-hydrogen) atoms. The molecule has 0 saturated carbocycles. The molecule has 0 radical (unpaired) electrons. The summed E-state index contributed by atoms with van der Waals surface area (Å²) in [6, 6.07) is 0. The van der Waals surface area contributed by atoms with Crippen LogP contribution in [0.5, 0.6) is 0 Å². The van der Waals surface area contributed by atoms with Crippen molar-refractivity contribution in [2.24, 2.45) is 0 Å². The lowest BCUT2D eigenvalue weighted by atomic mass is 10.0. The Balaban J connectivity index is 0. The number of carboxylic acid groups (broad SMARTS) is 1. The van der Waals surface area contributed by atoms with E-state index in [2.05, 4.69) is 38.0 Å². The quantitative estimate of drug-likeness (QED) is 0.286. The van der Waals surface area contributed by atoms with Crippen LogP contribution in [0.3, 0.4) is 0 Å². The standard InChI is InChI=1S/C18H36OSi.C2H4O2/c1-5-6-7-8-9-10-11-12-13-14-15-18(19)16-17-20(2,3)4;1-2(3)4/h18-19H,5-15H2,1-4H3;1H3,(H,3,4)/t18-;/m0./s1. The Morgan fingerprint density at radius 3 is 1.67 bits per heavy atom. The minimum atomic E-state index is -1.32. The fourth-order valence-corrected chi connectivity index (χ4v) is 2.80. The Kier molecular flexibility index (Phi) is 18.1. The van der Waals surface area contributed by atoms with Gasteiger partial charge in [-0.15, -0.1) is 5.54 Å². The highest BCUT2D eigenvalue weighted by molar-refractivity contribution is 6.83. The number of carboxylic acids is 1. The second kappa shape index (κ2) is 17.0. The molecule has 3 nitrogen and oxygen atoms in total. The van der Waals surface area contributed by atoms with E-state index < -0.39 is 20.1 Å². The van der Waals surface area contributed by atoms with Gasteiger partial charge in [0.25, 0.3) is 5.97 Å². The van der Waals surface area contributed by atoms with E-state index in [9.17, 15) is 5.11 Å². The van der Waals surface area contributed by atoms with Crippen molar-refractivity contribution in [1.82, 2.24) is 0 Å². The summed E-state index contributed by atoms with van der Waals surface area (Å²) >= 11 is 0. The summed E-state index contributed by atoms with van der Waals surface area (Å²) in [5.74, 6) is 2.19. The maximum atomic E-state index is 9.78. The Morgan fingerprint density at radius 1 is 0.917 bits per heavy atom. The number of carbonyl (C=O) groups is 1. The number of hydrogen-bond donors (Lipinski definition) is 2. The zero-order valence-corrected chi connectivity index (χ0v) is 17.7. The third-order valence-electron chi connectivity index (χ3n) is 3.44. The molecular formula is C20H40O3Si. The smallest absolute Gasteiger partial charge is 0.300 e. The van der Waals surface area contributed by atoms with E-state index in [0.29, 0.717) is 0 Å². The van der Waals surface area contributed by atoms with Crippen molar-refractivity contribution < 1.29 is 15.0 Å². The predicted molar refractivity (Wildman–Crippen MR) is 107 cm³/mol. The summed E-state index contributed by atoms with van der Waals surface area (Å²) < 4.78 is 0. The molecule has 0 fully saturated rings. The SMILES string of the molecule is CC(=O)O.CCCCCCCCCCCC[C@H](O)C#C[Si](C)(C)C. The molecule has 0 unspecified atom stereocenters. The molecule has 0 heterocycles. The molecule has 0 bridgehead atoms. The lowest BCUT2D eigenvalue weighted by molar-refractivity contribution is -0.134. The summed E-state index contributed by atoms with van der Waals surface area (Å²) in [6.07, 6.45) is 13.9. The zero-order valence-electron chi connectivity index (χ0n) is 16.7. The van der Waals surface area contributed by atoms with Gasteiger partial charge < -0.3 is 10.2 Å². The van der Waals surface area contributed by atoms with Crippen LogP contribution in [0.15, 0.2) is 0 Å². The summed E-state index contributed by atoms with van der Waals surface area (Å²) in [5.41, 5.74) is 3.25. The normalized spacial score (nSPS) is 11.8. The molecule has 0 amide bonds. The van der Waals surface area contributed by atoms with Gasteiger partial charge in [-0.2, -0.15) is 0 Å². The molecule has 0 aliphatic carbocycles. The Bertz CT molecular complexity index is 346. The largest absolute Gasteiger partial charge is 0.481 e. The molecule has 0 aromatic carbocycles. The summed E-state index contributed by atoms with van der Waals surface area (Å²) in [7, 11) is -1.32. The first-order chi connectivity index (χ1) is 11.2. The fraction of sp³-hybridized carbons (Fsp3) is 0.850. The van der Waals surface area contributed by atoms with Crippen molar-refractivity contribution in [2.45, 2.75) is 110 Å². The maximum Gasteiger partial charge on any atom is 0.300 e. The highest BCUT2D eigenvalue weighted by Crippen LogP contribution is 2.12. The van der Waals surface area contributed by atoms with Crippen LogP contribution in [0, 0.1) is 11.5 Å². The molecule has 0 aliphatic heterocycles. The first-order valence-corrected chi connectivity index (χ1v) is 13.1. The monoisotopic (exact) mass is 356 g/mol. The Labute approximate surface area is 151 Å². The first kappa shape index (κ1) is 25.4. The van der Waals surface area contributed by atoms with Gasteiger partial charge in [0.2, 0.25) is 0 Å². The van der Waals surface area contributed by atoms with Gasteiger partial charge in [-0.3, -0.25) is 4.79 Å². The van der Waals surface area contributed by atoms with Crippen LogP contribution in [-0.2, 0) is 4.79 Å². The molecule has 0 spiro atoms. The first-order valence-electron chi connectivity index (χ1n) is 9.59. The van der Waals surface area contributed by atoms with Crippen molar-refractivity contribution in [3.05, 3.63) is 0 Å². The molecule has 0 aliphatic rings. The molecule has 142 valence electrons. The molecule has 0 aromatic rings. The van der Waals surface area contributed by atoms with Crippen molar-refractivity contribution >= 4 is 14.0 Å². The average Bonchev–Trinajstić information content (AvgIpc) is 2.46. The van der Waals surface area contributed by atoms with Gasteiger partial charge >= 0.3 is 0 Å². The highest BCUT2D eigenvalue weighted by atomic mass is 28.3. The van der Waals surface area contributed by atoms with E-state index in [-0.39, 0.29) is 0 Å². The Hall–Kier alpha value is -0.793. The lowest BCUT2D eigenvalue weighted by Gasteiger charge is -2.07. The van der Waals surface area contributed by atoms with E-state index in [0.717, 1.165) is 19.8 Å². The zero-order chi connectivity index (χ0) is 18.8. The highest BCUT2D eigenvalue weighted by Gasteiger charge is 2.08. The molecule has 0 saturated heterocycles. The number of rotatable bonds is 11. The summed E-state index contributed by atoms with van der Waals surface area (Å²) in [5, 5.41) is 17.2. The second-order valence-electron chi connectivity index (χ2n) is 7.52. The fourth-order valence-electron chi connectivity index (χ4n) is 2.20.